The first kappa shape index (κ1) is 16.5. The van der Waals surface area contributed by atoms with Gasteiger partial charge >= 0.3 is 0 Å². The van der Waals surface area contributed by atoms with Crippen LogP contribution < -0.4 is 10.2 Å². The molecule has 0 saturated carbocycles. The van der Waals surface area contributed by atoms with Crippen molar-refractivity contribution >= 4 is 35.0 Å². The predicted molar refractivity (Wildman–Crippen MR) is 94.1 cm³/mol. The lowest BCUT2D eigenvalue weighted by atomic mass is 10.1. The van der Waals surface area contributed by atoms with E-state index in [0.29, 0.717) is 23.5 Å². The van der Waals surface area contributed by atoms with Crippen LogP contribution in [0.4, 0.5) is 15.8 Å². The maximum Gasteiger partial charge on any atom is 0.258 e. The minimum atomic E-state index is -0.343. The van der Waals surface area contributed by atoms with Gasteiger partial charge < -0.3 is 10.2 Å². The highest BCUT2D eigenvalue weighted by Crippen LogP contribution is 2.36. The number of hydrogen-bond acceptors (Lipinski definition) is 3. The highest BCUT2D eigenvalue weighted by Gasteiger charge is 2.25. The number of thioether (sulfide) groups is 1. The van der Waals surface area contributed by atoms with Gasteiger partial charge in [-0.25, -0.2) is 4.39 Å². The van der Waals surface area contributed by atoms with Gasteiger partial charge in [0.05, 0.1) is 10.9 Å². The molecule has 0 aliphatic carbocycles. The van der Waals surface area contributed by atoms with Gasteiger partial charge in [0.15, 0.2) is 0 Å². The normalized spacial score (nSPS) is 16.3. The molecule has 2 aromatic carbocycles. The second-order valence-electron chi connectivity index (χ2n) is 5.49. The molecule has 1 aliphatic rings. The fraction of sp³-hybridized carbons (Fsp3) is 0.222. The zero-order chi connectivity index (χ0) is 17.3. The Morgan fingerprint density at radius 1 is 1.25 bits per heavy atom. The van der Waals surface area contributed by atoms with Crippen molar-refractivity contribution in [2.45, 2.75) is 24.0 Å². The molecule has 0 fully saturated rings. The molecule has 0 spiro atoms. The molecule has 1 heterocycles. The summed E-state index contributed by atoms with van der Waals surface area (Å²) < 4.78 is 13.1. The second-order valence-corrected chi connectivity index (χ2v) is 6.87. The molecule has 1 atom stereocenters. The van der Waals surface area contributed by atoms with Crippen LogP contribution in [0.3, 0.4) is 0 Å². The lowest BCUT2D eigenvalue weighted by Gasteiger charge is -2.24. The zero-order valence-electron chi connectivity index (χ0n) is 13.4. The van der Waals surface area contributed by atoms with Crippen LogP contribution in [-0.2, 0) is 4.79 Å². The number of amides is 2. The third-order valence-electron chi connectivity index (χ3n) is 3.86. The van der Waals surface area contributed by atoms with Crippen molar-refractivity contribution in [1.29, 1.82) is 0 Å². The predicted octanol–water partition coefficient (Wildman–Crippen LogP) is 3.93. The first-order valence-corrected chi connectivity index (χ1v) is 8.56. The van der Waals surface area contributed by atoms with Crippen molar-refractivity contribution in [1.82, 2.24) is 0 Å². The number of carbonyl (C=O) groups excluding carboxylic acids is 2. The standard InChI is InChI=1S/C18H17FN2O2S/c1-3-21(14-7-5-13(19)6-8-14)18(23)12-4-9-16-15(10-12)20-17(22)11(2)24-16/h4-11H,3H2,1-2H3,(H,20,22). The summed E-state index contributed by atoms with van der Waals surface area (Å²) in [6.45, 7) is 4.16. The molecule has 2 aromatic rings. The van der Waals surface area contributed by atoms with Crippen LogP contribution in [0.2, 0.25) is 0 Å². The van der Waals surface area contributed by atoms with Crippen molar-refractivity contribution in [3.05, 3.63) is 53.8 Å². The molecule has 0 radical (unpaired) electrons. The maximum absolute atomic E-state index is 13.1. The van der Waals surface area contributed by atoms with Gasteiger partial charge in [-0.15, -0.1) is 11.8 Å². The average molecular weight is 344 g/mol. The van der Waals surface area contributed by atoms with Crippen LogP contribution in [0.15, 0.2) is 47.4 Å². The van der Waals surface area contributed by atoms with Crippen molar-refractivity contribution in [3.63, 3.8) is 0 Å². The molecule has 24 heavy (non-hydrogen) atoms. The molecule has 1 unspecified atom stereocenters. The maximum atomic E-state index is 13.1. The Bertz CT molecular complexity index is 792. The second kappa shape index (κ2) is 6.65. The third-order valence-corrected chi connectivity index (χ3v) is 5.03. The summed E-state index contributed by atoms with van der Waals surface area (Å²) in [6, 6.07) is 11.1. The van der Waals surface area contributed by atoms with E-state index in [1.165, 1.54) is 23.9 Å². The summed E-state index contributed by atoms with van der Waals surface area (Å²) in [6.07, 6.45) is 0. The van der Waals surface area contributed by atoms with E-state index < -0.39 is 0 Å². The Balaban J connectivity index is 1.90. The molecule has 3 rings (SSSR count). The SMILES string of the molecule is CCN(C(=O)c1ccc2c(c1)NC(=O)C(C)S2)c1ccc(F)cc1. The molecule has 0 aromatic heterocycles. The number of benzene rings is 2. The van der Waals surface area contributed by atoms with Crippen LogP contribution in [-0.4, -0.2) is 23.6 Å². The van der Waals surface area contributed by atoms with Gasteiger partial charge in [-0.3, -0.25) is 9.59 Å². The minimum absolute atomic E-state index is 0.0667. The van der Waals surface area contributed by atoms with Gasteiger partial charge in [-0.2, -0.15) is 0 Å². The Kier molecular flexibility index (Phi) is 4.57. The lowest BCUT2D eigenvalue weighted by molar-refractivity contribution is -0.115. The van der Waals surface area contributed by atoms with Crippen LogP contribution in [0.1, 0.15) is 24.2 Å². The lowest BCUT2D eigenvalue weighted by Crippen LogP contribution is -2.31. The number of hydrogen-bond donors (Lipinski definition) is 1. The van der Waals surface area contributed by atoms with E-state index in [1.54, 1.807) is 29.2 Å². The largest absolute Gasteiger partial charge is 0.324 e. The monoisotopic (exact) mass is 344 g/mol. The van der Waals surface area contributed by atoms with Crippen molar-refractivity contribution < 1.29 is 14.0 Å². The highest BCUT2D eigenvalue weighted by molar-refractivity contribution is 8.00. The Labute approximate surface area is 144 Å². The van der Waals surface area contributed by atoms with Gasteiger partial charge in [0.1, 0.15) is 5.82 Å². The summed E-state index contributed by atoms with van der Waals surface area (Å²) >= 11 is 1.47. The number of nitrogens with zero attached hydrogens (tertiary/aromatic N) is 1. The number of carbonyl (C=O) groups is 2. The number of fused-ring (bicyclic) bond motifs is 1. The number of rotatable bonds is 3. The summed E-state index contributed by atoms with van der Waals surface area (Å²) in [5.41, 5.74) is 1.77. The molecule has 4 nitrogen and oxygen atoms in total. The zero-order valence-corrected chi connectivity index (χ0v) is 14.2. The smallest absolute Gasteiger partial charge is 0.258 e. The van der Waals surface area contributed by atoms with E-state index in [-0.39, 0.29) is 22.9 Å². The fourth-order valence-electron chi connectivity index (χ4n) is 2.56. The topological polar surface area (TPSA) is 49.4 Å². The molecular formula is C18H17FN2O2S. The van der Waals surface area contributed by atoms with Gasteiger partial charge in [-0.05, 0) is 56.3 Å². The first-order valence-electron chi connectivity index (χ1n) is 7.68. The summed E-state index contributed by atoms with van der Waals surface area (Å²) in [5, 5.41) is 2.68. The van der Waals surface area contributed by atoms with E-state index in [0.717, 1.165) is 4.90 Å². The molecule has 2 amide bonds. The fourth-order valence-corrected chi connectivity index (χ4v) is 3.49. The molecule has 0 saturated heterocycles. The molecule has 1 N–H and O–H groups in total. The van der Waals surface area contributed by atoms with Gasteiger partial charge in [0.25, 0.3) is 5.91 Å². The van der Waals surface area contributed by atoms with E-state index >= 15 is 0 Å². The minimum Gasteiger partial charge on any atom is -0.324 e. The molecule has 6 heteroatoms. The Morgan fingerprint density at radius 3 is 2.62 bits per heavy atom. The quantitative estimate of drug-likeness (QED) is 0.918. The van der Waals surface area contributed by atoms with Gasteiger partial charge in [0, 0.05) is 22.7 Å². The van der Waals surface area contributed by atoms with Crippen LogP contribution in [0.25, 0.3) is 0 Å². The van der Waals surface area contributed by atoms with Crippen LogP contribution >= 0.6 is 11.8 Å². The van der Waals surface area contributed by atoms with E-state index in [2.05, 4.69) is 5.32 Å². The van der Waals surface area contributed by atoms with Gasteiger partial charge in [-0.1, -0.05) is 0 Å². The summed E-state index contributed by atoms with van der Waals surface area (Å²) in [5.74, 6) is -0.599. The van der Waals surface area contributed by atoms with E-state index in [4.69, 9.17) is 0 Å². The number of nitrogens with one attached hydrogen (secondary N) is 1. The number of anilines is 2. The Morgan fingerprint density at radius 2 is 1.96 bits per heavy atom. The molecule has 124 valence electrons. The highest BCUT2D eigenvalue weighted by atomic mass is 32.2. The summed E-state index contributed by atoms with van der Waals surface area (Å²) in [7, 11) is 0. The first-order chi connectivity index (χ1) is 11.5. The summed E-state index contributed by atoms with van der Waals surface area (Å²) in [4.78, 5) is 27.1. The van der Waals surface area contributed by atoms with Gasteiger partial charge in [0.2, 0.25) is 5.91 Å². The van der Waals surface area contributed by atoms with E-state index in [9.17, 15) is 14.0 Å². The average Bonchev–Trinajstić information content (AvgIpc) is 2.57. The Hall–Kier alpha value is -2.34. The van der Waals surface area contributed by atoms with Crippen LogP contribution in [0.5, 0.6) is 0 Å². The number of halogens is 1. The molecule has 1 aliphatic heterocycles. The van der Waals surface area contributed by atoms with Crippen molar-refractivity contribution in [2.75, 3.05) is 16.8 Å². The molecule has 0 bridgehead atoms. The van der Waals surface area contributed by atoms with Crippen molar-refractivity contribution in [3.8, 4) is 0 Å². The molecular weight excluding hydrogens is 327 g/mol. The third kappa shape index (κ3) is 3.14. The van der Waals surface area contributed by atoms with E-state index in [1.807, 2.05) is 19.9 Å². The van der Waals surface area contributed by atoms with Crippen molar-refractivity contribution in [2.24, 2.45) is 0 Å². The van der Waals surface area contributed by atoms with Crippen LogP contribution in [0, 0.1) is 5.82 Å².